The molecule has 0 bridgehead atoms. The zero-order valence-corrected chi connectivity index (χ0v) is 7.77. The molecule has 1 aromatic rings. The van der Waals surface area contributed by atoms with Crippen molar-refractivity contribution in [3.8, 4) is 0 Å². The highest BCUT2D eigenvalue weighted by Gasteiger charge is 2.09. The Labute approximate surface area is 80.1 Å². The summed E-state index contributed by atoms with van der Waals surface area (Å²) >= 11 is 5.27. The summed E-state index contributed by atoms with van der Waals surface area (Å²) in [6, 6.07) is 2.40. The second-order valence-corrected chi connectivity index (χ2v) is 2.35. The fraction of sp³-hybridized carbons (Fsp3) is 0.143. The third-order valence-electron chi connectivity index (χ3n) is 1.30. The fourth-order valence-corrected chi connectivity index (χ4v) is 0.884. The average Bonchev–Trinajstić information content (AvgIpc) is 2.01. The van der Waals surface area contributed by atoms with E-state index in [2.05, 4.69) is 5.32 Å². The van der Waals surface area contributed by atoms with Gasteiger partial charge >= 0.3 is 0 Å². The van der Waals surface area contributed by atoms with Gasteiger partial charge in [-0.2, -0.15) is 0 Å². The van der Waals surface area contributed by atoms with Gasteiger partial charge in [0, 0.05) is 7.05 Å². The Morgan fingerprint density at radius 1 is 1.33 bits per heavy atom. The van der Waals surface area contributed by atoms with Crippen LogP contribution in [0.25, 0.3) is 0 Å². The molecule has 0 amide bonds. The van der Waals surface area contributed by atoms with Crippen molar-refractivity contribution in [2.75, 3.05) is 12.4 Å². The Balaban J connectivity index is 0.00000121. The number of anilines is 1. The molecular formula is C7H7Cl2F2N. The van der Waals surface area contributed by atoms with Crippen LogP contribution < -0.4 is 5.32 Å². The molecule has 12 heavy (non-hydrogen) atoms. The normalized spacial score (nSPS) is 9.00. The lowest BCUT2D eigenvalue weighted by Gasteiger charge is -2.02. The zero-order valence-electron chi connectivity index (χ0n) is 6.20. The Hall–Kier alpha value is -0.540. The lowest BCUT2D eigenvalue weighted by atomic mass is 10.3. The Morgan fingerprint density at radius 2 is 1.92 bits per heavy atom. The number of halogens is 4. The quantitative estimate of drug-likeness (QED) is 0.708. The molecule has 0 spiro atoms. The highest BCUT2D eigenvalue weighted by atomic mass is 35.5. The predicted octanol–water partition coefficient (Wildman–Crippen LogP) is 3.08. The van der Waals surface area contributed by atoms with Crippen LogP contribution in [0.3, 0.4) is 0 Å². The molecule has 0 aliphatic rings. The minimum Gasteiger partial charge on any atom is -0.386 e. The lowest BCUT2D eigenvalue weighted by Crippen LogP contribution is -1.94. The number of rotatable bonds is 1. The van der Waals surface area contributed by atoms with Gasteiger partial charge in [-0.25, -0.2) is 8.78 Å². The van der Waals surface area contributed by atoms with E-state index < -0.39 is 16.7 Å². The van der Waals surface area contributed by atoms with Crippen LogP contribution in [-0.2, 0) is 0 Å². The van der Waals surface area contributed by atoms with Crippen LogP contribution in [0.15, 0.2) is 12.1 Å². The number of hydrogen-bond acceptors (Lipinski definition) is 1. The first-order valence-corrected chi connectivity index (χ1v) is 3.36. The first-order chi connectivity index (χ1) is 5.16. The maximum atomic E-state index is 12.8. The molecule has 0 atom stereocenters. The van der Waals surface area contributed by atoms with Crippen LogP contribution >= 0.6 is 24.0 Å². The molecule has 1 aromatic carbocycles. The molecule has 0 heterocycles. The number of hydrogen-bond donors (Lipinski definition) is 1. The molecule has 0 aromatic heterocycles. The second kappa shape index (κ2) is 4.48. The third-order valence-corrected chi connectivity index (χ3v) is 1.65. The van der Waals surface area contributed by atoms with E-state index in [4.69, 9.17) is 11.6 Å². The lowest BCUT2D eigenvalue weighted by molar-refractivity contribution is 0.586. The summed E-state index contributed by atoms with van der Waals surface area (Å²) in [7, 11) is 1.53. The summed E-state index contributed by atoms with van der Waals surface area (Å²) in [4.78, 5) is 0. The summed E-state index contributed by atoms with van der Waals surface area (Å²) in [6.07, 6.45) is 0. The first kappa shape index (κ1) is 11.5. The minimum absolute atomic E-state index is 0. The predicted molar refractivity (Wildman–Crippen MR) is 48.2 cm³/mol. The molecule has 68 valence electrons. The van der Waals surface area contributed by atoms with E-state index in [1.165, 1.54) is 13.1 Å². The van der Waals surface area contributed by atoms with E-state index in [0.29, 0.717) is 0 Å². The smallest absolute Gasteiger partial charge is 0.167 e. The second-order valence-electron chi connectivity index (χ2n) is 1.97. The standard InChI is InChI=1S/C7H6ClF2N.ClH/c1-11-5-3-2-4(9)6(8)7(5)10;/h2-3,11H,1H3;1H. The van der Waals surface area contributed by atoms with Gasteiger partial charge in [0.15, 0.2) is 5.82 Å². The molecular weight excluding hydrogens is 207 g/mol. The van der Waals surface area contributed by atoms with Crippen molar-refractivity contribution < 1.29 is 8.78 Å². The van der Waals surface area contributed by atoms with Gasteiger partial charge in [-0.3, -0.25) is 0 Å². The molecule has 1 nitrogen and oxygen atoms in total. The topological polar surface area (TPSA) is 12.0 Å². The minimum atomic E-state index is -0.755. The van der Waals surface area contributed by atoms with E-state index in [1.807, 2.05) is 0 Å². The largest absolute Gasteiger partial charge is 0.386 e. The van der Waals surface area contributed by atoms with Crippen molar-refractivity contribution in [3.63, 3.8) is 0 Å². The molecule has 0 aliphatic heterocycles. The SMILES string of the molecule is CNc1ccc(F)c(Cl)c1F.Cl. The highest BCUT2D eigenvalue weighted by Crippen LogP contribution is 2.24. The van der Waals surface area contributed by atoms with Crippen LogP contribution in [0.2, 0.25) is 5.02 Å². The molecule has 5 heteroatoms. The van der Waals surface area contributed by atoms with Gasteiger partial charge in [0.2, 0.25) is 0 Å². The maximum Gasteiger partial charge on any atom is 0.167 e. The molecule has 0 fully saturated rings. The van der Waals surface area contributed by atoms with E-state index >= 15 is 0 Å². The van der Waals surface area contributed by atoms with Crippen molar-refractivity contribution in [1.29, 1.82) is 0 Å². The van der Waals surface area contributed by atoms with Gasteiger partial charge < -0.3 is 5.32 Å². The summed E-state index contributed by atoms with van der Waals surface area (Å²) < 4.78 is 25.3. The molecule has 0 aliphatic carbocycles. The van der Waals surface area contributed by atoms with Crippen molar-refractivity contribution in [2.24, 2.45) is 0 Å². The first-order valence-electron chi connectivity index (χ1n) is 2.98. The van der Waals surface area contributed by atoms with Crippen molar-refractivity contribution in [1.82, 2.24) is 0 Å². The zero-order chi connectivity index (χ0) is 8.43. The van der Waals surface area contributed by atoms with Gasteiger partial charge in [-0.1, -0.05) is 11.6 Å². The van der Waals surface area contributed by atoms with E-state index in [9.17, 15) is 8.78 Å². The number of nitrogens with one attached hydrogen (secondary N) is 1. The van der Waals surface area contributed by atoms with E-state index in [0.717, 1.165) is 6.07 Å². The van der Waals surface area contributed by atoms with Gasteiger partial charge in [0.25, 0.3) is 0 Å². The van der Waals surface area contributed by atoms with Crippen LogP contribution in [0.1, 0.15) is 0 Å². The molecule has 0 saturated heterocycles. The third kappa shape index (κ3) is 1.99. The van der Waals surface area contributed by atoms with Gasteiger partial charge in [-0.15, -0.1) is 12.4 Å². The van der Waals surface area contributed by atoms with E-state index in [-0.39, 0.29) is 18.1 Å². The summed E-state index contributed by atoms with van der Waals surface area (Å²) in [5.41, 5.74) is 0.191. The summed E-state index contributed by atoms with van der Waals surface area (Å²) in [6.45, 7) is 0. The van der Waals surface area contributed by atoms with Crippen LogP contribution in [0, 0.1) is 11.6 Å². The monoisotopic (exact) mass is 213 g/mol. The molecule has 0 radical (unpaired) electrons. The Kier molecular flexibility index (Phi) is 4.28. The average molecular weight is 214 g/mol. The van der Waals surface area contributed by atoms with Crippen molar-refractivity contribution in [2.45, 2.75) is 0 Å². The maximum absolute atomic E-state index is 12.8. The fourth-order valence-electron chi connectivity index (χ4n) is 0.719. The Bertz CT molecular complexity index is 278. The van der Waals surface area contributed by atoms with Gasteiger partial charge in [0.05, 0.1) is 5.69 Å². The Morgan fingerprint density at radius 3 is 2.42 bits per heavy atom. The molecule has 0 saturated carbocycles. The highest BCUT2D eigenvalue weighted by molar-refractivity contribution is 6.31. The molecule has 1 rings (SSSR count). The van der Waals surface area contributed by atoms with Gasteiger partial charge in [-0.05, 0) is 12.1 Å². The molecule has 0 unspecified atom stereocenters. The number of benzene rings is 1. The van der Waals surface area contributed by atoms with Crippen LogP contribution in [-0.4, -0.2) is 7.05 Å². The van der Waals surface area contributed by atoms with Crippen LogP contribution in [0.4, 0.5) is 14.5 Å². The van der Waals surface area contributed by atoms with Gasteiger partial charge in [0.1, 0.15) is 10.8 Å². The van der Waals surface area contributed by atoms with E-state index in [1.54, 1.807) is 0 Å². The van der Waals surface area contributed by atoms with Crippen molar-refractivity contribution in [3.05, 3.63) is 28.8 Å². The summed E-state index contributed by atoms with van der Waals surface area (Å²) in [5.74, 6) is -1.50. The van der Waals surface area contributed by atoms with Crippen molar-refractivity contribution >= 4 is 29.7 Å². The molecule has 1 N–H and O–H groups in total. The van der Waals surface area contributed by atoms with Crippen LogP contribution in [0.5, 0.6) is 0 Å². The summed E-state index contributed by atoms with van der Waals surface area (Å²) in [5, 5.41) is 2.06.